The molecule has 1 aliphatic rings. The summed E-state index contributed by atoms with van der Waals surface area (Å²) in [6.45, 7) is 6.99. The van der Waals surface area contributed by atoms with Crippen molar-refractivity contribution < 1.29 is 4.79 Å². The van der Waals surface area contributed by atoms with E-state index in [1.54, 1.807) is 0 Å². The summed E-state index contributed by atoms with van der Waals surface area (Å²) in [6, 6.07) is 0.455. The van der Waals surface area contributed by atoms with E-state index in [1.165, 1.54) is 19.3 Å². The van der Waals surface area contributed by atoms with Gasteiger partial charge in [0.25, 0.3) is 0 Å². The van der Waals surface area contributed by atoms with E-state index < -0.39 is 4.32 Å². The number of amides is 1. The second-order valence-corrected chi connectivity index (χ2v) is 6.86. The molecule has 1 unspecified atom stereocenters. The lowest BCUT2D eigenvalue weighted by atomic mass is 10.1. The highest BCUT2D eigenvalue weighted by Crippen LogP contribution is 2.26. The predicted octanol–water partition coefficient (Wildman–Crippen LogP) is 3.34. The molecule has 0 aromatic heterocycles. The highest BCUT2D eigenvalue weighted by Gasteiger charge is 2.33. The van der Waals surface area contributed by atoms with Crippen molar-refractivity contribution in [3.8, 4) is 0 Å². The van der Waals surface area contributed by atoms with E-state index >= 15 is 0 Å². The summed E-state index contributed by atoms with van der Waals surface area (Å²) in [5, 5.41) is 0. The van der Waals surface area contributed by atoms with Crippen molar-refractivity contribution in [2.45, 2.75) is 63.2 Å². The molecule has 0 N–H and O–H groups in total. The van der Waals surface area contributed by atoms with Gasteiger partial charge in [0.05, 0.1) is 4.32 Å². The summed E-state index contributed by atoms with van der Waals surface area (Å²) in [6.07, 6.45) is 5.94. The summed E-state index contributed by atoms with van der Waals surface area (Å²) in [5.41, 5.74) is 0. The van der Waals surface area contributed by atoms with Crippen LogP contribution in [0.1, 0.15) is 52.9 Å². The molecule has 2 nitrogen and oxygen atoms in total. The van der Waals surface area contributed by atoms with Crippen LogP contribution in [-0.2, 0) is 4.79 Å². The Hall–Kier alpha value is -0.0500. The Labute approximate surface area is 102 Å². The van der Waals surface area contributed by atoms with E-state index in [9.17, 15) is 4.79 Å². The zero-order valence-corrected chi connectivity index (χ0v) is 11.6. The summed E-state index contributed by atoms with van der Waals surface area (Å²) in [5.74, 6) is 0.247. The predicted molar refractivity (Wildman–Crippen MR) is 67.3 cm³/mol. The topological polar surface area (TPSA) is 20.3 Å². The van der Waals surface area contributed by atoms with Gasteiger partial charge in [0.15, 0.2) is 0 Å². The van der Waals surface area contributed by atoms with Crippen molar-refractivity contribution in [3.63, 3.8) is 0 Å². The average Bonchev–Trinajstić information content (AvgIpc) is 2.39. The van der Waals surface area contributed by atoms with E-state index in [1.807, 2.05) is 13.8 Å². The molecule has 0 saturated carbocycles. The van der Waals surface area contributed by atoms with Crippen molar-refractivity contribution in [1.29, 1.82) is 0 Å². The maximum absolute atomic E-state index is 12.2. The fraction of sp³-hybridized carbons (Fsp3) is 0.917. The summed E-state index contributed by atoms with van der Waals surface area (Å²) in [4.78, 5) is 14.3. The molecule has 88 valence electrons. The van der Waals surface area contributed by atoms with E-state index in [4.69, 9.17) is 0 Å². The highest BCUT2D eigenvalue weighted by atomic mass is 79.9. The molecule has 0 aromatic carbocycles. The van der Waals surface area contributed by atoms with Crippen LogP contribution in [0.3, 0.4) is 0 Å². The minimum absolute atomic E-state index is 0.247. The Morgan fingerprint density at radius 2 is 2.07 bits per heavy atom. The van der Waals surface area contributed by atoms with Gasteiger partial charge in [0.2, 0.25) is 5.91 Å². The minimum Gasteiger partial charge on any atom is -0.339 e. The number of carbonyl (C=O) groups excluding carboxylic acids is 1. The maximum atomic E-state index is 12.2. The molecule has 0 radical (unpaired) electrons. The SMILES string of the molecule is CCC1CCCCCN1C(=O)C(C)(C)Br. The molecule has 1 aliphatic heterocycles. The molecular weight excluding hydrogens is 254 g/mol. The first-order valence-corrected chi connectivity index (χ1v) is 6.76. The summed E-state index contributed by atoms with van der Waals surface area (Å²) < 4.78 is -0.412. The number of nitrogens with zero attached hydrogens (tertiary/aromatic N) is 1. The van der Waals surface area contributed by atoms with Crippen molar-refractivity contribution >= 4 is 21.8 Å². The Morgan fingerprint density at radius 1 is 1.40 bits per heavy atom. The van der Waals surface area contributed by atoms with Crippen molar-refractivity contribution in [1.82, 2.24) is 4.90 Å². The van der Waals surface area contributed by atoms with E-state index in [2.05, 4.69) is 27.8 Å². The lowest BCUT2D eigenvalue weighted by molar-refractivity contribution is -0.135. The number of rotatable bonds is 2. The third-order valence-corrected chi connectivity index (χ3v) is 3.46. The first-order chi connectivity index (χ1) is 6.96. The van der Waals surface area contributed by atoms with Gasteiger partial charge in [0.1, 0.15) is 0 Å². The molecule has 15 heavy (non-hydrogen) atoms. The molecule has 1 amide bonds. The quantitative estimate of drug-likeness (QED) is 0.708. The van der Waals surface area contributed by atoms with Crippen LogP contribution in [0, 0.1) is 0 Å². The fourth-order valence-electron chi connectivity index (χ4n) is 2.21. The lowest BCUT2D eigenvalue weighted by Crippen LogP contribution is -2.47. The van der Waals surface area contributed by atoms with Crippen LogP contribution >= 0.6 is 15.9 Å². The van der Waals surface area contributed by atoms with E-state index in [0.717, 1.165) is 19.4 Å². The number of hydrogen-bond acceptors (Lipinski definition) is 1. The van der Waals surface area contributed by atoms with Gasteiger partial charge in [-0.05, 0) is 33.1 Å². The van der Waals surface area contributed by atoms with Gasteiger partial charge in [-0.2, -0.15) is 0 Å². The second kappa shape index (κ2) is 5.33. The number of alkyl halides is 1. The van der Waals surface area contributed by atoms with Crippen molar-refractivity contribution in [2.24, 2.45) is 0 Å². The first-order valence-electron chi connectivity index (χ1n) is 5.96. The molecular formula is C12H22BrNO. The third kappa shape index (κ3) is 3.47. The smallest absolute Gasteiger partial charge is 0.239 e. The van der Waals surface area contributed by atoms with Crippen molar-refractivity contribution in [2.75, 3.05) is 6.54 Å². The zero-order chi connectivity index (χ0) is 11.5. The molecule has 0 bridgehead atoms. The van der Waals surface area contributed by atoms with Gasteiger partial charge in [0, 0.05) is 12.6 Å². The Bertz CT molecular complexity index is 222. The van der Waals surface area contributed by atoms with Gasteiger partial charge in [-0.1, -0.05) is 35.7 Å². The number of hydrogen-bond donors (Lipinski definition) is 0. The minimum atomic E-state index is -0.412. The van der Waals surface area contributed by atoms with Gasteiger partial charge in [-0.3, -0.25) is 4.79 Å². The van der Waals surface area contributed by atoms with Crippen LogP contribution in [0.15, 0.2) is 0 Å². The molecule has 0 aliphatic carbocycles. The van der Waals surface area contributed by atoms with Crippen molar-refractivity contribution in [3.05, 3.63) is 0 Å². The monoisotopic (exact) mass is 275 g/mol. The summed E-state index contributed by atoms with van der Waals surface area (Å²) in [7, 11) is 0. The van der Waals surface area contributed by atoms with Crippen LogP contribution in [0.2, 0.25) is 0 Å². The Kier molecular flexibility index (Phi) is 4.63. The third-order valence-electron chi connectivity index (χ3n) is 3.12. The molecule has 1 rings (SSSR count). The van der Waals surface area contributed by atoms with Gasteiger partial charge in [-0.25, -0.2) is 0 Å². The van der Waals surface area contributed by atoms with Crippen LogP contribution in [-0.4, -0.2) is 27.7 Å². The molecule has 3 heteroatoms. The van der Waals surface area contributed by atoms with Gasteiger partial charge < -0.3 is 4.90 Å². The highest BCUT2D eigenvalue weighted by molar-refractivity contribution is 9.10. The van der Waals surface area contributed by atoms with Crippen LogP contribution < -0.4 is 0 Å². The van der Waals surface area contributed by atoms with Gasteiger partial charge >= 0.3 is 0 Å². The molecule has 1 saturated heterocycles. The maximum Gasteiger partial charge on any atom is 0.239 e. The normalized spacial score (nSPS) is 23.7. The number of halogens is 1. The largest absolute Gasteiger partial charge is 0.339 e. The van der Waals surface area contributed by atoms with Crippen LogP contribution in [0.25, 0.3) is 0 Å². The summed E-state index contributed by atoms with van der Waals surface area (Å²) >= 11 is 3.47. The lowest BCUT2D eigenvalue weighted by Gasteiger charge is -2.33. The van der Waals surface area contributed by atoms with Crippen LogP contribution in [0.4, 0.5) is 0 Å². The van der Waals surface area contributed by atoms with E-state index in [0.29, 0.717) is 6.04 Å². The second-order valence-electron chi connectivity index (χ2n) is 4.88. The van der Waals surface area contributed by atoms with Crippen LogP contribution in [0.5, 0.6) is 0 Å². The average molecular weight is 276 g/mol. The fourth-order valence-corrected chi connectivity index (χ4v) is 2.44. The molecule has 1 heterocycles. The number of carbonyl (C=O) groups is 1. The molecule has 1 atom stereocenters. The van der Waals surface area contributed by atoms with Gasteiger partial charge in [-0.15, -0.1) is 0 Å². The standard InChI is InChI=1S/C12H22BrNO/c1-4-10-8-6-5-7-9-14(10)11(15)12(2,3)13/h10H,4-9H2,1-3H3. The molecule has 1 fully saturated rings. The van der Waals surface area contributed by atoms with E-state index in [-0.39, 0.29) is 5.91 Å². The zero-order valence-electron chi connectivity index (χ0n) is 10.1. The Morgan fingerprint density at radius 3 is 2.60 bits per heavy atom. The Balaban J connectivity index is 2.74. The first kappa shape index (κ1) is 13.0. The molecule has 0 spiro atoms. The molecule has 0 aromatic rings. The number of likely N-dealkylation sites (tertiary alicyclic amines) is 1.